The summed E-state index contributed by atoms with van der Waals surface area (Å²) in [4.78, 5) is 5.74. The fourth-order valence-electron chi connectivity index (χ4n) is 2.19. The molecule has 0 bridgehead atoms. The van der Waals surface area contributed by atoms with Crippen molar-refractivity contribution in [3.8, 4) is 5.75 Å². The van der Waals surface area contributed by atoms with E-state index in [2.05, 4.69) is 4.98 Å². The van der Waals surface area contributed by atoms with E-state index >= 15 is 0 Å². The highest BCUT2D eigenvalue weighted by Gasteiger charge is 2.16. The number of hydrogen-bond acceptors (Lipinski definition) is 5. The Morgan fingerprint density at radius 3 is 2.19 bits per heavy atom. The second kappa shape index (κ2) is 5.75. The van der Waals surface area contributed by atoms with E-state index < -0.39 is 10.0 Å². The van der Waals surface area contributed by atoms with Gasteiger partial charge >= 0.3 is 0 Å². The van der Waals surface area contributed by atoms with Crippen LogP contribution in [0, 0.1) is 27.7 Å². The predicted molar refractivity (Wildman–Crippen MR) is 83.2 cm³/mol. The summed E-state index contributed by atoms with van der Waals surface area (Å²) in [6.45, 7) is 7.76. The summed E-state index contributed by atoms with van der Waals surface area (Å²) in [7, 11) is -3.72. The van der Waals surface area contributed by atoms with E-state index in [0.29, 0.717) is 23.5 Å². The molecule has 0 aliphatic heterocycles. The molecule has 0 spiro atoms. The average molecular weight is 326 g/mol. The fraction of sp³-hybridized carbons (Fsp3) is 0.357. The van der Waals surface area contributed by atoms with Gasteiger partial charge in [-0.2, -0.15) is 0 Å². The number of thiazole rings is 1. The zero-order valence-electron chi connectivity index (χ0n) is 12.4. The summed E-state index contributed by atoms with van der Waals surface area (Å²) in [5.74, 6) is 0.614. The van der Waals surface area contributed by atoms with Gasteiger partial charge in [-0.25, -0.2) is 18.5 Å². The number of hydrogen-bond donors (Lipinski definition) is 1. The molecule has 0 amide bonds. The van der Waals surface area contributed by atoms with Crippen molar-refractivity contribution in [3.63, 3.8) is 0 Å². The van der Waals surface area contributed by atoms with Crippen molar-refractivity contribution in [2.75, 3.05) is 0 Å². The van der Waals surface area contributed by atoms with E-state index in [-0.39, 0.29) is 4.90 Å². The number of primary sulfonamides is 1. The highest BCUT2D eigenvalue weighted by molar-refractivity contribution is 7.89. The lowest BCUT2D eigenvalue weighted by molar-refractivity contribution is 0.304. The zero-order chi connectivity index (χ0) is 15.8. The Kier molecular flexibility index (Phi) is 4.36. The van der Waals surface area contributed by atoms with Gasteiger partial charge in [0.25, 0.3) is 0 Å². The van der Waals surface area contributed by atoms with Crippen LogP contribution in [0.1, 0.15) is 26.7 Å². The molecule has 114 valence electrons. The van der Waals surface area contributed by atoms with Gasteiger partial charge in [0.2, 0.25) is 10.0 Å². The third-order valence-electron chi connectivity index (χ3n) is 3.15. The summed E-state index contributed by atoms with van der Waals surface area (Å²) in [5.41, 5.74) is 2.17. The molecule has 0 saturated carbocycles. The van der Waals surface area contributed by atoms with E-state index in [9.17, 15) is 8.42 Å². The molecule has 7 heteroatoms. The maximum absolute atomic E-state index is 11.5. The van der Waals surface area contributed by atoms with Crippen LogP contribution in [0.2, 0.25) is 0 Å². The van der Waals surface area contributed by atoms with Gasteiger partial charge in [0.05, 0.1) is 10.6 Å². The molecule has 0 unspecified atom stereocenters. The van der Waals surface area contributed by atoms with E-state index in [1.807, 2.05) is 13.8 Å². The summed E-state index contributed by atoms with van der Waals surface area (Å²) >= 11 is 1.60. The molecular weight excluding hydrogens is 308 g/mol. The van der Waals surface area contributed by atoms with Crippen LogP contribution in [0.3, 0.4) is 0 Å². The maximum atomic E-state index is 11.5. The van der Waals surface area contributed by atoms with Crippen molar-refractivity contribution in [1.29, 1.82) is 0 Å². The van der Waals surface area contributed by atoms with Crippen molar-refractivity contribution in [3.05, 3.63) is 38.8 Å². The first-order valence-electron chi connectivity index (χ1n) is 6.38. The lowest BCUT2D eigenvalue weighted by Gasteiger charge is -2.11. The standard InChI is InChI=1S/C14H18N2O3S2/c1-8-5-12(6-9(2)14(8)21(15,17)18)19-7-13-16-10(3)11(4)20-13/h5-6H,7H2,1-4H3,(H2,15,17,18). The third-order valence-corrected chi connectivity index (χ3v) is 5.41. The van der Waals surface area contributed by atoms with Gasteiger partial charge in [0.15, 0.2) is 0 Å². The van der Waals surface area contributed by atoms with E-state index in [1.54, 1.807) is 37.3 Å². The number of ether oxygens (including phenoxy) is 1. The van der Waals surface area contributed by atoms with E-state index in [4.69, 9.17) is 9.88 Å². The number of nitrogens with zero attached hydrogens (tertiary/aromatic N) is 1. The molecule has 2 aromatic rings. The molecule has 1 aromatic carbocycles. The van der Waals surface area contributed by atoms with Crippen LogP contribution in [-0.2, 0) is 16.6 Å². The molecule has 0 fully saturated rings. The third kappa shape index (κ3) is 3.61. The minimum Gasteiger partial charge on any atom is -0.486 e. The van der Waals surface area contributed by atoms with Crippen molar-refractivity contribution < 1.29 is 13.2 Å². The molecule has 1 aromatic heterocycles. The van der Waals surface area contributed by atoms with Gasteiger partial charge in [-0.1, -0.05) is 0 Å². The second-order valence-corrected chi connectivity index (χ2v) is 7.76. The van der Waals surface area contributed by atoms with Gasteiger partial charge in [-0.3, -0.25) is 0 Å². The molecular formula is C14H18N2O3S2. The minimum atomic E-state index is -3.72. The number of aromatic nitrogens is 1. The van der Waals surface area contributed by atoms with Crippen LogP contribution in [-0.4, -0.2) is 13.4 Å². The molecule has 21 heavy (non-hydrogen) atoms. The van der Waals surface area contributed by atoms with Crippen LogP contribution < -0.4 is 9.88 Å². The second-order valence-electron chi connectivity index (χ2n) is 4.97. The maximum Gasteiger partial charge on any atom is 0.238 e. The monoisotopic (exact) mass is 326 g/mol. The highest BCUT2D eigenvalue weighted by atomic mass is 32.2. The SMILES string of the molecule is Cc1cc(OCc2nc(C)c(C)s2)cc(C)c1S(N)(=O)=O. The van der Waals surface area contributed by atoms with E-state index in [1.165, 1.54) is 4.88 Å². The lowest BCUT2D eigenvalue weighted by Crippen LogP contribution is -2.15. The largest absolute Gasteiger partial charge is 0.486 e. The highest BCUT2D eigenvalue weighted by Crippen LogP contribution is 2.26. The van der Waals surface area contributed by atoms with Gasteiger partial charge in [-0.15, -0.1) is 11.3 Å². The normalized spacial score (nSPS) is 11.7. The molecule has 0 atom stereocenters. The Balaban J connectivity index is 2.22. The molecule has 0 aliphatic rings. The Morgan fingerprint density at radius 2 is 1.76 bits per heavy atom. The summed E-state index contributed by atoms with van der Waals surface area (Å²) in [5, 5.41) is 6.11. The summed E-state index contributed by atoms with van der Waals surface area (Å²) in [6.07, 6.45) is 0. The number of sulfonamides is 1. The lowest BCUT2D eigenvalue weighted by atomic mass is 10.1. The number of aryl methyl sites for hydroxylation is 4. The summed E-state index contributed by atoms with van der Waals surface area (Å²) in [6, 6.07) is 3.36. The first-order valence-corrected chi connectivity index (χ1v) is 8.74. The van der Waals surface area contributed by atoms with Gasteiger partial charge in [0.1, 0.15) is 17.4 Å². The molecule has 0 radical (unpaired) electrons. The van der Waals surface area contributed by atoms with Crippen LogP contribution in [0.15, 0.2) is 17.0 Å². The van der Waals surface area contributed by atoms with Crippen molar-refractivity contribution in [2.24, 2.45) is 5.14 Å². The van der Waals surface area contributed by atoms with Crippen LogP contribution in [0.25, 0.3) is 0 Å². The van der Waals surface area contributed by atoms with Gasteiger partial charge in [0, 0.05) is 4.88 Å². The number of nitrogens with two attached hydrogens (primary N) is 1. The van der Waals surface area contributed by atoms with Gasteiger partial charge in [-0.05, 0) is 51.0 Å². The number of rotatable bonds is 4. The van der Waals surface area contributed by atoms with Crippen LogP contribution in [0.4, 0.5) is 0 Å². The Labute approximate surface area is 128 Å². The Hall–Kier alpha value is -1.44. The van der Waals surface area contributed by atoms with Crippen LogP contribution >= 0.6 is 11.3 Å². The molecule has 2 N–H and O–H groups in total. The van der Waals surface area contributed by atoms with E-state index in [0.717, 1.165) is 10.7 Å². The Morgan fingerprint density at radius 1 is 1.19 bits per heavy atom. The topological polar surface area (TPSA) is 82.3 Å². The molecule has 0 aliphatic carbocycles. The molecule has 5 nitrogen and oxygen atoms in total. The minimum absolute atomic E-state index is 0.163. The first-order chi connectivity index (χ1) is 9.68. The molecule has 0 saturated heterocycles. The predicted octanol–water partition coefficient (Wildman–Crippen LogP) is 2.60. The van der Waals surface area contributed by atoms with Crippen molar-refractivity contribution >= 4 is 21.4 Å². The quantitative estimate of drug-likeness (QED) is 0.936. The molecule has 1 heterocycles. The first kappa shape index (κ1) is 15.9. The smallest absolute Gasteiger partial charge is 0.238 e. The van der Waals surface area contributed by atoms with Crippen LogP contribution in [0.5, 0.6) is 5.75 Å². The zero-order valence-corrected chi connectivity index (χ0v) is 14.1. The molecule has 2 rings (SSSR count). The van der Waals surface area contributed by atoms with Crippen molar-refractivity contribution in [2.45, 2.75) is 39.2 Å². The van der Waals surface area contributed by atoms with Crippen molar-refractivity contribution in [1.82, 2.24) is 4.98 Å². The average Bonchev–Trinajstić information content (AvgIpc) is 2.63. The Bertz CT molecular complexity index is 737. The summed E-state index contributed by atoms with van der Waals surface area (Å²) < 4.78 is 28.8. The van der Waals surface area contributed by atoms with Gasteiger partial charge < -0.3 is 4.74 Å². The fourth-order valence-corrected chi connectivity index (χ4v) is 4.05. The number of benzene rings is 1.